The summed E-state index contributed by atoms with van der Waals surface area (Å²) in [7, 11) is 3.94. The van der Waals surface area contributed by atoms with Crippen LogP contribution in [-0.2, 0) is 9.59 Å². The fourth-order valence-corrected chi connectivity index (χ4v) is 4.84. The number of hydrogen-bond acceptors (Lipinski definition) is 5. The lowest BCUT2D eigenvalue weighted by Crippen LogP contribution is -2.32. The molecule has 1 amide bonds. The van der Waals surface area contributed by atoms with Crippen molar-refractivity contribution in [2.45, 2.75) is 26.3 Å². The maximum Gasteiger partial charge on any atom is 0.295 e. The van der Waals surface area contributed by atoms with Gasteiger partial charge in [-0.15, -0.1) is 0 Å². The first-order valence-corrected chi connectivity index (χ1v) is 11.6. The number of Topliss-reactive ketones (excluding diaryl/α,β-unsaturated/α-hetero) is 1. The van der Waals surface area contributed by atoms with Crippen LogP contribution >= 0.6 is 15.9 Å². The molecule has 4 rings (SSSR count). The summed E-state index contributed by atoms with van der Waals surface area (Å²) in [6.45, 7) is 4.92. The maximum atomic E-state index is 13.3. The molecule has 1 aliphatic rings. The third kappa shape index (κ3) is 4.20. The van der Waals surface area contributed by atoms with Crippen molar-refractivity contribution in [1.29, 1.82) is 0 Å². The van der Waals surface area contributed by atoms with Gasteiger partial charge in [0.15, 0.2) is 5.76 Å². The van der Waals surface area contributed by atoms with Crippen LogP contribution in [0.1, 0.15) is 35.0 Å². The summed E-state index contributed by atoms with van der Waals surface area (Å²) in [4.78, 5) is 34.6. The molecule has 0 aliphatic carbocycles. The van der Waals surface area contributed by atoms with E-state index in [1.165, 1.54) is 0 Å². The van der Waals surface area contributed by atoms with Gasteiger partial charge in [-0.25, -0.2) is 4.98 Å². The summed E-state index contributed by atoms with van der Waals surface area (Å²) >= 11 is 3.49. The number of rotatable bonds is 6. The number of likely N-dealkylation sites (tertiary alicyclic amines) is 1. The highest BCUT2D eigenvalue weighted by Crippen LogP contribution is 2.40. The maximum absolute atomic E-state index is 13.3. The summed E-state index contributed by atoms with van der Waals surface area (Å²) in [5.74, 6) is -1.48. The zero-order valence-corrected chi connectivity index (χ0v) is 20.8. The zero-order valence-electron chi connectivity index (χ0n) is 19.2. The van der Waals surface area contributed by atoms with E-state index in [1.807, 2.05) is 62.3 Å². The molecule has 33 heavy (non-hydrogen) atoms. The van der Waals surface area contributed by atoms with E-state index in [-0.39, 0.29) is 11.3 Å². The van der Waals surface area contributed by atoms with Crippen molar-refractivity contribution in [3.8, 4) is 0 Å². The van der Waals surface area contributed by atoms with Gasteiger partial charge >= 0.3 is 0 Å². The third-order valence-corrected chi connectivity index (χ3v) is 6.45. The lowest BCUT2D eigenvalue weighted by atomic mass is 9.96. The Kier molecular flexibility index (Phi) is 6.41. The molecule has 3 heterocycles. The fourth-order valence-electron chi connectivity index (χ4n) is 4.42. The predicted molar refractivity (Wildman–Crippen MR) is 131 cm³/mol. The normalized spacial score (nSPS) is 18.1. The first-order valence-electron chi connectivity index (χ1n) is 10.8. The predicted octanol–water partition coefficient (Wildman–Crippen LogP) is 4.09. The van der Waals surface area contributed by atoms with Gasteiger partial charge in [-0.05, 0) is 70.2 Å². The molecule has 3 aromatic rings. The monoisotopic (exact) mass is 510 g/mol. The molecule has 1 fully saturated rings. The minimum Gasteiger partial charge on any atom is -0.505 e. The van der Waals surface area contributed by atoms with Crippen molar-refractivity contribution < 1.29 is 14.7 Å². The summed E-state index contributed by atoms with van der Waals surface area (Å²) < 4.78 is 2.61. The number of pyridine rings is 1. The lowest BCUT2D eigenvalue weighted by molar-refractivity contribution is -0.139. The summed E-state index contributed by atoms with van der Waals surface area (Å²) in [5, 5.41) is 11.5. The van der Waals surface area contributed by atoms with E-state index in [2.05, 4.69) is 20.9 Å². The Morgan fingerprint density at radius 3 is 2.64 bits per heavy atom. The molecular formula is C25H27BrN4O3. The second-order valence-corrected chi connectivity index (χ2v) is 9.55. The summed E-state index contributed by atoms with van der Waals surface area (Å²) in [5.41, 5.74) is 3.53. The van der Waals surface area contributed by atoms with E-state index in [4.69, 9.17) is 0 Å². The molecule has 1 aromatic carbocycles. The molecule has 0 radical (unpaired) electrons. The third-order valence-electron chi connectivity index (χ3n) is 5.95. The van der Waals surface area contributed by atoms with Crippen LogP contribution in [0.25, 0.3) is 11.4 Å². The quantitative estimate of drug-likeness (QED) is 0.307. The second kappa shape index (κ2) is 9.11. The standard InChI is InChI=1S/C25H27BrN4O3/c1-15-8-6-12-29-20(16(2)27-24(15)29)22(31)19-21(17-9-5-10-18(26)14-17)30(25(33)23(19)32)13-7-11-28(3)4/h5-6,8-10,12,14,21,31H,7,11,13H2,1-4H3/t21-/m0/s1. The van der Waals surface area contributed by atoms with Crippen molar-refractivity contribution in [2.24, 2.45) is 0 Å². The van der Waals surface area contributed by atoms with Crippen LogP contribution in [-0.4, -0.2) is 63.2 Å². The second-order valence-electron chi connectivity index (χ2n) is 8.63. The van der Waals surface area contributed by atoms with E-state index < -0.39 is 17.7 Å². The minimum atomic E-state index is -0.681. The number of halogens is 1. The van der Waals surface area contributed by atoms with Gasteiger partial charge in [-0.3, -0.25) is 14.0 Å². The number of imidazole rings is 1. The highest BCUT2D eigenvalue weighted by atomic mass is 79.9. The van der Waals surface area contributed by atoms with Crippen LogP contribution in [0.2, 0.25) is 0 Å². The van der Waals surface area contributed by atoms with Crippen LogP contribution in [0.4, 0.5) is 0 Å². The highest BCUT2D eigenvalue weighted by Gasteiger charge is 2.46. The lowest BCUT2D eigenvalue weighted by Gasteiger charge is -2.26. The number of fused-ring (bicyclic) bond motifs is 1. The highest BCUT2D eigenvalue weighted by molar-refractivity contribution is 9.10. The summed E-state index contributed by atoms with van der Waals surface area (Å²) in [6.07, 6.45) is 2.51. The molecule has 1 N–H and O–H groups in total. The van der Waals surface area contributed by atoms with E-state index >= 15 is 0 Å². The number of aliphatic hydroxyl groups is 1. The largest absolute Gasteiger partial charge is 0.505 e. The minimum absolute atomic E-state index is 0.0920. The molecule has 1 aliphatic heterocycles. The van der Waals surface area contributed by atoms with Crippen molar-refractivity contribution >= 4 is 39.0 Å². The number of hydrogen-bond donors (Lipinski definition) is 1. The molecule has 1 saturated heterocycles. The number of aryl methyl sites for hydroxylation is 2. The van der Waals surface area contributed by atoms with Crippen molar-refractivity contribution in [3.63, 3.8) is 0 Å². The van der Waals surface area contributed by atoms with Gasteiger partial charge in [-0.1, -0.05) is 34.1 Å². The molecule has 172 valence electrons. The average Bonchev–Trinajstić information content (AvgIpc) is 3.23. The molecule has 0 saturated carbocycles. The zero-order chi connectivity index (χ0) is 23.9. The molecular weight excluding hydrogens is 484 g/mol. The van der Waals surface area contributed by atoms with Crippen LogP contribution in [0.5, 0.6) is 0 Å². The Morgan fingerprint density at radius 1 is 1.18 bits per heavy atom. The Hall–Kier alpha value is -2.97. The van der Waals surface area contributed by atoms with Crippen LogP contribution < -0.4 is 0 Å². The summed E-state index contributed by atoms with van der Waals surface area (Å²) in [6, 6.07) is 10.6. The first-order chi connectivity index (χ1) is 15.7. The van der Waals surface area contributed by atoms with Crippen LogP contribution in [0.3, 0.4) is 0 Å². The van der Waals surface area contributed by atoms with Crippen molar-refractivity contribution in [1.82, 2.24) is 19.2 Å². The molecule has 0 unspecified atom stereocenters. The van der Waals surface area contributed by atoms with Gasteiger partial charge in [0.25, 0.3) is 11.7 Å². The van der Waals surface area contributed by atoms with Crippen LogP contribution in [0, 0.1) is 13.8 Å². The Labute approximate surface area is 201 Å². The van der Waals surface area contributed by atoms with E-state index in [9.17, 15) is 14.7 Å². The van der Waals surface area contributed by atoms with E-state index in [0.29, 0.717) is 30.0 Å². The molecule has 0 bridgehead atoms. The number of carbonyl (C=O) groups is 2. The topological polar surface area (TPSA) is 78.1 Å². The molecule has 8 heteroatoms. The first kappa shape index (κ1) is 23.2. The number of carbonyl (C=O) groups excluding carboxylic acids is 2. The SMILES string of the molecule is Cc1nc2c(C)cccn2c1C(O)=C1C(=O)C(=O)N(CCCN(C)C)[C@H]1c1cccc(Br)c1. The van der Waals surface area contributed by atoms with Gasteiger partial charge in [0.2, 0.25) is 0 Å². The Bertz CT molecular complexity index is 1280. The van der Waals surface area contributed by atoms with Gasteiger partial charge in [0, 0.05) is 17.2 Å². The molecule has 0 spiro atoms. The number of aromatic nitrogens is 2. The van der Waals surface area contributed by atoms with E-state index in [0.717, 1.165) is 22.1 Å². The van der Waals surface area contributed by atoms with Gasteiger partial charge < -0.3 is 14.9 Å². The van der Waals surface area contributed by atoms with Gasteiger partial charge in [0.1, 0.15) is 11.3 Å². The number of aliphatic hydroxyl groups excluding tert-OH is 1. The Balaban J connectivity index is 1.90. The fraction of sp³-hybridized carbons (Fsp3) is 0.320. The molecule has 1 atom stereocenters. The van der Waals surface area contributed by atoms with Gasteiger partial charge in [0.05, 0.1) is 17.3 Å². The Morgan fingerprint density at radius 2 is 1.94 bits per heavy atom. The van der Waals surface area contributed by atoms with Crippen molar-refractivity contribution in [3.05, 3.63) is 75.2 Å². The number of amides is 1. The molecule has 7 nitrogen and oxygen atoms in total. The van der Waals surface area contributed by atoms with Gasteiger partial charge in [-0.2, -0.15) is 0 Å². The molecule has 2 aromatic heterocycles. The smallest absolute Gasteiger partial charge is 0.295 e. The number of benzene rings is 1. The van der Waals surface area contributed by atoms with E-state index in [1.54, 1.807) is 22.4 Å². The average molecular weight is 511 g/mol. The number of nitrogens with zero attached hydrogens (tertiary/aromatic N) is 4. The van der Waals surface area contributed by atoms with Crippen molar-refractivity contribution in [2.75, 3.05) is 27.2 Å². The van der Waals surface area contributed by atoms with Crippen LogP contribution in [0.15, 0.2) is 52.6 Å². The number of ketones is 1.